The summed E-state index contributed by atoms with van der Waals surface area (Å²) in [5.74, 6) is -0.237. The molecule has 0 atom stereocenters. The fourth-order valence-corrected chi connectivity index (χ4v) is 2.12. The van der Waals surface area contributed by atoms with Gasteiger partial charge in [0.25, 0.3) is 5.91 Å². The van der Waals surface area contributed by atoms with E-state index in [4.69, 9.17) is 9.15 Å². The van der Waals surface area contributed by atoms with Gasteiger partial charge in [-0.25, -0.2) is 9.59 Å². The number of ether oxygens (including phenoxy) is 2. The number of aryl methyl sites for hydroxylation is 2. The van der Waals surface area contributed by atoms with Crippen LogP contribution in [-0.4, -0.2) is 25.2 Å². The molecule has 7 nitrogen and oxygen atoms in total. The summed E-state index contributed by atoms with van der Waals surface area (Å²) in [7, 11) is 0. The van der Waals surface area contributed by atoms with Crippen LogP contribution in [0.3, 0.4) is 0 Å². The van der Waals surface area contributed by atoms with E-state index in [0.29, 0.717) is 16.9 Å². The Morgan fingerprint density at radius 2 is 2.00 bits per heavy atom. The molecule has 0 saturated carbocycles. The lowest BCUT2D eigenvalue weighted by Crippen LogP contribution is -2.34. The molecule has 122 valence electrons. The quantitative estimate of drug-likeness (QED) is 0.867. The summed E-state index contributed by atoms with van der Waals surface area (Å²) in [6.45, 7) is 4.98. The van der Waals surface area contributed by atoms with Crippen molar-refractivity contribution in [1.29, 1.82) is 0 Å². The van der Waals surface area contributed by atoms with Crippen molar-refractivity contribution >= 4 is 23.0 Å². The van der Waals surface area contributed by atoms with E-state index in [0.717, 1.165) is 10.9 Å². The maximum atomic E-state index is 11.6. The van der Waals surface area contributed by atoms with Crippen molar-refractivity contribution in [2.75, 3.05) is 13.2 Å². The zero-order valence-electron chi connectivity index (χ0n) is 13.1. The van der Waals surface area contributed by atoms with Gasteiger partial charge in [-0.1, -0.05) is 0 Å². The van der Waals surface area contributed by atoms with E-state index >= 15 is 0 Å². The average molecular weight is 319 g/mol. The van der Waals surface area contributed by atoms with Gasteiger partial charge in [0.05, 0.1) is 6.61 Å². The monoisotopic (exact) mass is 319 g/mol. The lowest BCUT2D eigenvalue weighted by Gasteiger charge is -2.11. The Bertz CT molecular complexity index is 808. The predicted molar refractivity (Wildman–Crippen MR) is 82.6 cm³/mol. The Hall–Kier alpha value is -2.83. The van der Waals surface area contributed by atoms with Crippen LogP contribution in [0.15, 0.2) is 27.4 Å². The molecule has 0 aliphatic heterocycles. The van der Waals surface area contributed by atoms with E-state index in [1.807, 2.05) is 12.2 Å². The van der Waals surface area contributed by atoms with E-state index in [2.05, 4.69) is 4.74 Å². The van der Waals surface area contributed by atoms with E-state index in [1.165, 1.54) is 6.07 Å². The molecule has 1 heterocycles. The molecule has 7 heteroatoms. The fourth-order valence-electron chi connectivity index (χ4n) is 2.12. The van der Waals surface area contributed by atoms with Crippen molar-refractivity contribution in [2.45, 2.75) is 20.8 Å². The number of carbonyl (C=O) groups is 2. The first-order valence-corrected chi connectivity index (χ1v) is 7.05. The van der Waals surface area contributed by atoms with Crippen LogP contribution in [0.5, 0.6) is 5.75 Å². The normalized spacial score (nSPS) is 10.4. The highest BCUT2D eigenvalue weighted by Gasteiger charge is 2.13. The molecule has 1 N–H and O–H groups in total. The van der Waals surface area contributed by atoms with Crippen molar-refractivity contribution in [2.24, 2.45) is 0 Å². The third-order valence-electron chi connectivity index (χ3n) is 3.19. The van der Waals surface area contributed by atoms with Crippen LogP contribution in [0.25, 0.3) is 11.0 Å². The van der Waals surface area contributed by atoms with Gasteiger partial charge in [-0.2, -0.15) is 0 Å². The van der Waals surface area contributed by atoms with Crippen molar-refractivity contribution in [3.05, 3.63) is 39.7 Å². The van der Waals surface area contributed by atoms with Gasteiger partial charge in [0.15, 0.2) is 6.61 Å². The molecule has 1 aromatic carbocycles. The van der Waals surface area contributed by atoms with Crippen LogP contribution in [0.1, 0.15) is 18.1 Å². The average Bonchev–Trinajstić information content (AvgIpc) is 2.47. The molecule has 0 radical (unpaired) electrons. The fraction of sp³-hybridized carbons (Fsp3) is 0.312. The summed E-state index contributed by atoms with van der Waals surface area (Å²) in [4.78, 5) is 34.2. The Morgan fingerprint density at radius 1 is 1.26 bits per heavy atom. The summed E-state index contributed by atoms with van der Waals surface area (Å²) >= 11 is 0. The summed E-state index contributed by atoms with van der Waals surface area (Å²) in [5.41, 5.74) is 1.37. The minimum Gasteiger partial charge on any atom is -0.483 e. The molecule has 0 aliphatic carbocycles. The van der Waals surface area contributed by atoms with E-state index in [9.17, 15) is 14.4 Å². The van der Waals surface area contributed by atoms with Gasteiger partial charge < -0.3 is 13.9 Å². The number of imide groups is 1. The van der Waals surface area contributed by atoms with Crippen molar-refractivity contribution in [3.8, 4) is 5.75 Å². The highest BCUT2D eigenvalue weighted by atomic mass is 16.5. The molecule has 23 heavy (non-hydrogen) atoms. The molecular formula is C16H17NO6. The maximum Gasteiger partial charge on any atom is 0.413 e. The van der Waals surface area contributed by atoms with Crippen molar-refractivity contribution in [1.82, 2.24) is 5.32 Å². The molecule has 2 amide bonds. The van der Waals surface area contributed by atoms with Gasteiger partial charge in [-0.05, 0) is 38.5 Å². The summed E-state index contributed by atoms with van der Waals surface area (Å²) in [6, 6.07) is 4.84. The number of benzene rings is 1. The molecule has 0 spiro atoms. The summed E-state index contributed by atoms with van der Waals surface area (Å²) in [6.07, 6.45) is -0.821. The zero-order valence-corrected chi connectivity index (χ0v) is 13.1. The molecule has 1 aromatic heterocycles. The van der Waals surface area contributed by atoms with Crippen LogP contribution in [0.4, 0.5) is 4.79 Å². The Balaban J connectivity index is 2.15. The number of rotatable bonds is 4. The number of nitrogens with one attached hydrogen (secondary N) is 1. The first kappa shape index (κ1) is 16.5. The number of carbonyl (C=O) groups excluding carboxylic acids is 2. The van der Waals surface area contributed by atoms with Gasteiger partial charge in [-0.15, -0.1) is 0 Å². The minimum absolute atomic E-state index is 0.169. The Kier molecular flexibility index (Phi) is 5.00. The molecule has 0 bridgehead atoms. The zero-order chi connectivity index (χ0) is 17.0. The van der Waals surface area contributed by atoms with Gasteiger partial charge in [0.1, 0.15) is 11.3 Å². The number of hydrogen-bond donors (Lipinski definition) is 1. The summed E-state index contributed by atoms with van der Waals surface area (Å²) < 4.78 is 15.2. The number of hydrogen-bond acceptors (Lipinski definition) is 6. The van der Waals surface area contributed by atoms with Crippen LogP contribution < -0.4 is 15.7 Å². The lowest BCUT2D eigenvalue weighted by molar-refractivity contribution is -0.122. The van der Waals surface area contributed by atoms with Crippen molar-refractivity contribution in [3.63, 3.8) is 0 Å². The van der Waals surface area contributed by atoms with Gasteiger partial charge in [0, 0.05) is 17.0 Å². The number of fused-ring (bicyclic) bond motifs is 1. The molecular weight excluding hydrogens is 302 g/mol. The van der Waals surface area contributed by atoms with Crippen molar-refractivity contribution < 1.29 is 23.5 Å². The van der Waals surface area contributed by atoms with E-state index in [1.54, 1.807) is 26.0 Å². The second-order valence-corrected chi connectivity index (χ2v) is 4.87. The van der Waals surface area contributed by atoms with Gasteiger partial charge >= 0.3 is 11.7 Å². The largest absolute Gasteiger partial charge is 0.483 e. The van der Waals surface area contributed by atoms with E-state index in [-0.39, 0.29) is 13.2 Å². The number of amides is 2. The SMILES string of the molecule is CCOC(=O)NC(=O)COc1ccc2c(C)cc(=O)oc2c1C. The molecule has 0 fully saturated rings. The lowest BCUT2D eigenvalue weighted by atomic mass is 10.1. The van der Waals surface area contributed by atoms with E-state index < -0.39 is 17.6 Å². The smallest absolute Gasteiger partial charge is 0.413 e. The molecule has 2 aromatic rings. The first-order chi connectivity index (χ1) is 10.9. The molecule has 0 aliphatic rings. The second-order valence-electron chi connectivity index (χ2n) is 4.87. The third kappa shape index (κ3) is 3.88. The summed E-state index contributed by atoms with van der Waals surface area (Å²) in [5, 5.41) is 2.82. The standard InChI is InChI=1S/C16H17NO6/c1-4-21-16(20)17-13(18)8-22-12-6-5-11-9(2)7-14(19)23-15(11)10(12)3/h5-7H,4,8H2,1-3H3,(H,17,18,20). The van der Waals surface area contributed by atoms with Gasteiger partial charge in [0.2, 0.25) is 0 Å². The topological polar surface area (TPSA) is 94.8 Å². The van der Waals surface area contributed by atoms with Crippen LogP contribution in [0, 0.1) is 13.8 Å². The van der Waals surface area contributed by atoms with Crippen LogP contribution in [0.2, 0.25) is 0 Å². The van der Waals surface area contributed by atoms with Crippen LogP contribution in [-0.2, 0) is 9.53 Å². The Morgan fingerprint density at radius 3 is 2.70 bits per heavy atom. The second kappa shape index (κ2) is 6.95. The number of alkyl carbamates (subject to hydrolysis) is 1. The minimum atomic E-state index is -0.821. The predicted octanol–water partition coefficient (Wildman–Crippen LogP) is 2.06. The first-order valence-electron chi connectivity index (χ1n) is 7.05. The highest BCUT2D eigenvalue weighted by molar-refractivity contribution is 5.92. The highest BCUT2D eigenvalue weighted by Crippen LogP contribution is 2.27. The molecule has 0 unspecified atom stereocenters. The molecule has 0 saturated heterocycles. The molecule has 2 rings (SSSR count). The Labute approximate surface area is 132 Å². The maximum absolute atomic E-state index is 11.6. The van der Waals surface area contributed by atoms with Crippen LogP contribution >= 0.6 is 0 Å². The van der Waals surface area contributed by atoms with Gasteiger partial charge in [-0.3, -0.25) is 10.1 Å². The third-order valence-corrected chi connectivity index (χ3v) is 3.19.